The predicted octanol–water partition coefficient (Wildman–Crippen LogP) is 3.65. The van der Waals surface area contributed by atoms with E-state index < -0.39 is 0 Å². The van der Waals surface area contributed by atoms with Crippen LogP contribution < -0.4 is 15.0 Å². The van der Waals surface area contributed by atoms with Gasteiger partial charge in [0.2, 0.25) is 4.96 Å². The summed E-state index contributed by atoms with van der Waals surface area (Å²) in [6.45, 7) is 2.73. The minimum atomic E-state index is -0.304. The topological polar surface area (TPSA) is 67.6 Å². The molecule has 0 saturated heterocycles. The van der Waals surface area contributed by atoms with Gasteiger partial charge in [0.05, 0.1) is 11.3 Å². The lowest BCUT2D eigenvalue weighted by Crippen LogP contribution is -2.33. The van der Waals surface area contributed by atoms with Crippen molar-refractivity contribution in [3.63, 3.8) is 0 Å². The van der Waals surface area contributed by atoms with Crippen LogP contribution in [0.2, 0.25) is 0 Å². The van der Waals surface area contributed by atoms with E-state index in [9.17, 15) is 9.59 Å². The number of carbonyl (C=O) groups is 1. The molecule has 0 radical (unpaired) electrons. The van der Waals surface area contributed by atoms with Crippen LogP contribution in [0.4, 0.5) is 5.69 Å². The van der Waals surface area contributed by atoms with Gasteiger partial charge in [-0.3, -0.25) is 9.59 Å². The summed E-state index contributed by atoms with van der Waals surface area (Å²) in [4.78, 5) is 33.2. The van der Waals surface area contributed by atoms with Gasteiger partial charge in [-0.2, -0.15) is 9.50 Å². The van der Waals surface area contributed by atoms with Crippen molar-refractivity contribution in [1.29, 1.82) is 0 Å². The van der Waals surface area contributed by atoms with E-state index >= 15 is 0 Å². The highest BCUT2D eigenvalue weighted by atomic mass is 79.9. The van der Waals surface area contributed by atoms with Gasteiger partial charge in [-0.15, -0.1) is 5.10 Å². The summed E-state index contributed by atoms with van der Waals surface area (Å²) in [5.74, 6) is 0.365. The van der Waals surface area contributed by atoms with Crippen LogP contribution in [0.15, 0.2) is 57.8 Å². The molecule has 1 aliphatic rings. The summed E-state index contributed by atoms with van der Waals surface area (Å²) >= 11 is 4.63. The number of anilines is 1. The van der Waals surface area contributed by atoms with E-state index in [1.807, 2.05) is 48.5 Å². The summed E-state index contributed by atoms with van der Waals surface area (Å²) in [6, 6.07) is 15.2. The summed E-state index contributed by atoms with van der Waals surface area (Å²) in [5, 5.41) is 4.40. The smallest absolute Gasteiger partial charge is 0.291 e. The number of benzene rings is 2. The number of para-hydroxylation sites is 1. The Morgan fingerprint density at radius 1 is 1.07 bits per heavy atom. The Hall–Kier alpha value is -2.84. The summed E-state index contributed by atoms with van der Waals surface area (Å²) < 4.78 is 2.65. The molecule has 6 nitrogen and oxygen atoms in total. The van der Waals surface area contributed by atoms with Gasteiger partial charge in [-0.1, -0.05) is 70.9 Å². The minimum Gasteiger partial charge on any atom is -0.308 e. The zero-order valence-electron chi connectivity index (χ0n) is 16.1. The third kappa shape index (κ3) is 2.98. The van der Waals surface area contributed by atoms with Crippen molar-refractivity contribution in [3.05, 3.63) is 73.5 Å². The molecule has 1 amide bonds. The average molecular weight is 481 g/mol. The number of thiazole rings is 1. The minimum absolute atomic E-state index is 0.126. The van der Waals surface area contributed by atoms with Crippen LogP contribution in [0.25, 0.3) is 21.9 Å². The number of nitrogens with zero attached hydrogens (tertiary/aromatic N) is 4. The fourth-order valence-corrected chi connectivity index (χ4v) is 4.91. The Balaban J connectivity index is 1.68. The van der Waals surface area contributed by atoms with Crippen LogP contribution in [0.5, 0.6) is 0 Å². The highest BCUT2D eigenvalue weighted by molar-refractivity contribution is 9.10. The number of fused-ring (bicyclic) bond motifs is 2. The highest BCUT2D eigenvalue weighted by Gasteiger charge is 2.33. The van der Waals surface area contributed by atoms with E-state index in [4.69, 9.17) is 0 Å². The normalized spacial score (nSPS) is 15.3. The third-order valence-electron chi connectivity index (χ3n) is 5.15. The van der Waals surface area contributed by atoms with E-state index in [1.165, 1.54) is 15.9 Å². The first-order valence-corrected chi connectivity index (χ1v) is 11.3. The van der Waals surface area contributed by atoms with Gasteiger partial charge in [0.15, 0.2) is 5.82 Å². The van der Waals surface area contributed by atoms with Gasteiger partial charge in [-0.05, 0) is 24.6 Å². The van der Waals surface area contributed by atoms with Crippen molar-refractivity contribution in [2.75, 3.05) is 11.4 Å². The number of carbonyl (C=O) groups excluding carboxylic acids is 1. The highest BCUT2D eigenvalue weighted by Crippen LogP contribution is 2.35. The van der Waals surface area contributed by atoms with Crippen LogP contribution in [0.3, 0.4) is 0 Å². The molecule has 5 rings (SSSR count). The second-order valence-corrected chi connectivity index (χ2v) is 8.97. The maximum atomic E-state index is 13.2. The number of rotatable bonds is 4. The number of hydrogen-bond acceptors (Lipinski definition) is 5. The van der Waals surface area contributed by atoms with Crippen LogP contribution in [-0.4, -0.2) is 27.0 Å². The molecule has 0 atom stereocenters. The van der Waals surface area contributed by atoms with Crippen molar-refractivity contribution < 1.29 is 4.79 Å². The van der Waals surface area contributed by atoms with Crippen molar-refractivity contribution in [2.24, 2.45) is 0 Å². The average Bonchev–Trinajstić information content (AvgIpc) is 3.38. The molecule has 8 heteroatoms. The van der Waals surface area contributed by atoms with Gasteiger partial charge in [0.25, 0.3) is 11.5 Å². The standard InChI is InChI=1S/C22H17BrN4O2S/c1-2-3-12-26-16-7-5-4-6-15(16)17(20(26)28)18-21(29)27-22(30-18)24-19(25-27)13-8-10-14(23)11-9-13/h4-11H,2-3,12H2,1H3. The van der Waals surface area contributed by atoms with Gasteiger partial charge in [0, 0.05) is 22.1 Å². The number of hydrogen-bond donors (Lipinski definition) is 0. The molecule has 0 aliphatic carbocycles. The summed E-state index contributed by atoms with van der Waals surface area (Å²) in [6.07, 6.45) is 1.90. The Morgan fingerprint density at radius 2 is 1.83 bits per heavy atom. The second kappa shape index (κ2) is 7.45. The molecule has 2 aromatic carbocycles. The first kappa shape index (κ1) is 19.1. The molecule has 0 bridgehead atoms. The van der Waals surface area contributed by atoms with E-state index in [0.29, 0.717) is 27.4 Å². The summed E-state index contributed by atoms with van der Waals surface area (Å²) in [7, 11) is 0. The van der Waals surface area contributed by atoms with Crippen LogP contribution in [-0.2, 0) is 4.79 Å². The van der Waals surface area contributed by atoms with Gasteiger partial charge >= 0.3 is 0 Å². The number of halogens is 1. The molecular formula is C22H17BrN4O2S. The Kier molecular flexibility index (Phi) is 4.75. The first-order valence-electron chi connectivity index (χ1n) is 9.69. The molecule has 0 N–H and O–H groups in total. The molecule has 0 spiro atoms. The number of unbranched alkanes of at least 4 members (excludes halogenated alkanes) is 1. The zero-order chi connectivity index (χ0) is 20.8. The lowest BCUT2D eigenvalue weighted by Gasteiger charge is -2.16. The van der Waals surface area contributed by atoms with Gasteiger partial charge in [0.1, 0.15) is 4.53 Å². The van der Waals surface area contributed by atoms with Crippen LogP contribution >= 0.6 is 27.3 Å². The van der Waals surface area contributed by atoms with E-state index in [2.05, 4.69) is 32.9 Å². The molecule has 0 saturated carbocycles. The molecule has 4 aromatic rings. The molecule has 1 aliphatic heterocycles. The first-order chi connectivity index (χ1) is 14.6. The van der Waals surface area contributed by atoms with Gasteiger partial charge < -0.3 is 4.90 Å². The molecule has 2 aromatic heterocycles. The predicted molar refractivity (Wildman–Crippen MR) is 122 cm³/mol. The molecule has 0 unspecified atom stereocenters. The molecule has 30 heavy (non-hydrogen) atoms. The van der Waals surface area contributed by atoms with E-state index in [0.717, 1.165) is 34.1 Å². The lowest BCUT2D eigenvalue weighted by molar-refractivity contribution is -0.113. The lowest BCUT2D eigenvalue weighted by atomic mass is 10.1. The van der Waals surface area contributed by atoms with Crippen LogP contribution in [0, 0.1) is 0 Å². The van der Waals surface area contributed by atoms with Crippen molar-refractivity contribution in [2.45, 2.75) is 19.8 Å². The monoisotopic (exact) mass is 480 g/mol. The van der Waals surface area contributed by atoms with E-state index in [1.54, 1.807) is 4.90 Å². The Labute approximate surface area is 184 Å². The van der Waals surface area contributed by atoms with Crippen molar-refractivity contribution >= 4 is 49.4 Å². The van der Waals surface area contributed by atoms with Crippen molar-refractivity contribution in [3.8, 4) is 11.4 Å². The molecular weight excluding hydrogens is 464 g/mol. The molecule has 0 fully saturated rings. The fourth-order valence-electron chi connectivity index (χ4n) is 3.64. The quantitative estimate of drug-likeness (QED) is 0.447. The third-order valence-corrected chi connectivity index (χ3v) is 6.70. The maximum absolute atomic E-state index is 13.2. The second-order valence-electron chi connectivity index (χ2n) is 7.08. The van der Waals surface area contributed by atoms with Crippen LogP contribution in [0.1, 0.15) is 25.3 Å². The molecule has 3 heterocycles. The Morgan fingerprint density at radius 3 is 2.57 bits per heavy atom. The zero-order valence-corrected chi connectivity index (χ0v) is 18.5. The summed E-state index contributed by atoms with van der Waals surface area (Å²) in [5.41, 5.74) is 2.64. The van der Waals surface area contributed by atoms with Crippen molar-refractivity contribution in [1.82, 2.24) is 14.6 Å². The largest absolute Gasteiger partial charge is 0.308 e. The SMILES string of the molecule is CCCCN1C(=O)C(=c2sc3nc(-c4ccc(Br)cc4)nn3c2=O)c2ccccc21. The maximum Gasteiger partial charge on any atom is 0.291 e. The Bertz CT molecular complexity index is 1390. The fraction of sp³-hybridized carbons (Fsp3) is 0.182. The number of amides is 1. The van der Waals surface area contributed by atoms with Gasteiger partial charge in [-0.25, -0.2) is 0 Å². The molecule has 150 valence electrons. The van der Waals surface area contributed by atoms with E-state index in [-0.39, 0.29) is 11.5 Å². The number of aromatic nitrogens is 3.